The Labute approximate surface area is 238 Å². The number of carbonyl (C=O) groups is 1. The van der Waals surface area contributed by atoms with Gasteiger partial charge in [0.25, 0.3) is 0 Å². The second-order valence-corrected chi connectivity index (χ2v) is 10.9. The number of alkyl halides is 1. The van der Waals surface area contributed by atoms with E-state index in [0.717, 1.165) is 30.2 Å². The molecule has 9 heteroatoms. The van der Waals surface area contributed by atoms with Crippen LogP contribution in [0.15, 0.2) is 79.1 Å². The van der Waals surface area contributed by atoms with Crippen LogP contribution in [0.25, 0.3) is 5.57 Å². The monoisotopic (exact) mass is 564 g/mol. The van der Waals surface area contributed by atoms with Crippen molar-refractivity contribution in [2.24, 2.45) is 0 Å². The number of amides is 2. The Morgan fingerprint density at radius 2 is 1.95 bits per heavy atom. The lowest BCUT2D eigenvalue weighted by Crippen LogP contribution is -2.54. The number of aliphatic hydroxyl groups is 1. The second kappa shape index (κ2) is 12.4. The summed E-state index contributed by atoms with van der Waals surface area (Å²) in [7, 11) is 1.70. The van der Waals surface area contributed by atoms with Crippen molar-refractivity contribution in [3.8, 4) is 0 Å². The first kappa shape index (κ1) is 28.8. The van der Waals surface area contributed by atoms with Crippen molar-refractivity contribution in [2.45, 2.75) is 43.4 Å². The molecule has 5 rings (SSSR count). The van der Waals surface area contributed by atoms with Crippen molar-refractivity contribution in [1.29, 1.82) is 0 Å². The quantitative estimate of drug-likeness (QED) is 0.418. The van der Waals surface area contributed by atoms with Crippen LogP contribution in [-0.2, 0) is 12.1 Å². The smallest absolute Gasteiger partial charge is 0.321 e. The molecular weight excluding hydrogens is 529 g/mol. The van der Waals surface area contributed by atoms with E-state index in [1.165, 1.54) is 4.90 Å². The lowest BCUT2D eigenvalue weighted by atomic mass is 9.89. The minimum absolute atomic E-state index is 0.0224. The Morgan fingerprint density at radius 3 is 2.66 bits per heavy atom. The predicted octanol–water partition coefficient (Wildman–Crippen LogP) is 5.39. The molecule has 2 aliphatic rings. The van der Waals surface area contributed by atoms with E-state index in [9.17, 15) is 23.1 Å². The highest BCUT2D eigenvalue weighted by Gasteiger charge is 2.46. The van der Waals surface area contributed by atoms with Crippen molar-refractivity contribution in [3.05, 3.63) is 107 Å². The molecule has 2 amide bonds. The van der Waals surface area contributed by atoms with E-state index >= 15 is 0 Å². The average molecular weight is 565 g/mol. The maximum atomic E-state index is 14.8. The van der Waals surface area contributed by atoms with E-state index in [1.54, 1.807) is 42.6 Å². The second-order valence-electron chi connectivity index (χ2n) is 10.9. The Balaban J connectivity index is 1.42. The lowest BCUT2D eigenvalue weighted by Gasteiger charge is -2.41. The maximum absolute atomic E-state index is 14.8. The molecule has 1 aromatic heterocycles. The highest BCUT2D eigenvalue weighted by Crippen LogP contribution is 2.41. The maximum Gasteiger partial charge on any atom is 0.321 e. The summed E-state index contributed by atoms with van der Waals surface area (Å²) in [6.07, 6.45) is 7.07. The van der Waals surface area contributed by atoms with E-state index < -0.39 is 30.5 Å². The summed E-state index contributed by atoms with van der Waals surface area (Å²) in [6, 6.07) is 15.1. The largest absolute Gasteiger partial charge is 0.393 e. The van der Waals surface area contributed by atoms with Crippen LogP contribution in [0, 0.1) is 11.6 Å². The molecule has 1 fully saturated rings. The van der Waals surface area contributed by atoms with E-state index in [1.807, 2.05) is 30.3 Å². The van der Waals surface area contributed by atoms with Crippen molar-refractivity contribution >= 4 is 11.6 Å². The van der Waals surface area contributed by atoms with Crippen LogP contribution in [0.1, 0.15) is 36.0 Å². The standard InChI is InChI=1S/C32H35F3N4O2/c1-37(27-10-6-14-38(28(16-27)18-33)20-23-7-5-13-36-19-23)31(41)39-21-24(29-15-26(34)11-12-30(29)35)17-32(39,22-40)25-8-3-2-4-9-25/h2-5,7-9,11-13,15,17,19,27-28,40H,6,10,14,16,18,20-22H2,1H3/t27?,28?,32-/m1/s1. The molecular formula is C32H35F3N4O2. The molecule has 2 aliphatic heterocycles. The van der Waals surface area contributed by atoms with Gasteiger partial charge in [0, 0.05) is 50.2 Å². The van der Waals surface area contributed by atoms with Gasteiger partial charge in [0.05, 0.1) is 6.61 Å². The number of carbonyl (C=O) groups excluding carboxylic acids is 1. The molecule has 2 unspecified atom stereocenters. The van der Waals surface area contributed by atoms with Gasteiger partial charge in [0.1, 0.15) is 23.8 Å². The summed E-state index contributed by atoms with van der Waals surface area (Å²) < 4.78 is 43.4. The Morgan fingerprint density at radius 1 is 1.15 bits per heavy atom. The first-order valence-corrected chi connectivity index (χ1v) is 13.9. The summed E-state index contributed by atoms with van der Waals surface area (Å²) in [5.74, 6) is -1.20. The average Bonchev–Trinajstić information content (AvgIpc) is 3.29. The summed E-state index contributed by atoms with van der Waals surface area (Å²) in [6.45, 7) is 0.255. The van der Waals surface area contributed by atoms with Gasteiger partial charge in [-0.1, -0.05) is 36.4 Å². The van der Waals surface area contributed by atoms with Crippen LogP contribution in [-0.4, -0.2) is 76.3 Å². The number of aromatic nitrogens is 1. The third kappa shape index (κ3) is 5.87. The summed E-state index contributed by atoms with van der Waals surface area (Å²) in [4.78, 5) is 23.7. The van der Waals surface area contributed by atoms with Crippen molar-refractivity contribution in [2.75, 3.05) is 33.4 Å². The number of pyridine rings is 1. The van der Waals surface area contributed by atoms with E-state index in [2.05, 4.69) is 9.88 Å². The van der Waals surface area contributed by atoms with Gasteiger partial charge < -0.3 is 14.9 Å². The van der Waals surface area contributed by atoms with Crippen LogP contribution in [0.2, 0.25) is 0 Å². The number of likely N-dealkylation sites (tertiary alicyclic amines) is 1. The number of benzene rings is 2. The molecule has 41 heavy (non-hydrogen) atoms. The van der Waals surface area contributed by atoms with Crippen molar-refractivity contribution in [3.63, 3.8) is 0 Å². The van der Waals surface area contributed by atoms with Gasteiger partial charge in [-0.05, 0) is 72.8 Å². The zero-order chi connectivity index (χ0) is 29.0. The Kier molecular flexibility index (Phi) is 8.75. The number of urea groups is 1. The van der Waals surface area contributed by atoms with Crippen LogP contribution in [0.5, 0.6) is 0 Å². The molecule has 0 radical (unpaired) electrons. The summed E-state index contributed by atoms with van der Waals surface area (Å²) in [5.41, 5.74) is 0.837. The van der Waals surface area contributed by atoms with Crippen LogP contribution < -0.4 is 0 Å². The fraction of sp³-hybridized carbons (Fsp3) is 0.375. The zero-order valence-corrected chi connectivity index (χ0v) is 23.1. The van der Waals surface area contributed by atoms with E-state index in [4.69, 9.17) is 0 Å². The van der Waals surface area contributed by atoms with Crippen molar-refractivity contribution in [1.82, 2.24) is 19.7 Å². The molecule has 6 nitrogen and oxygen atoms in total. The molecule has 3 aromatic rings. The number of hydrogen-bond acceptors (Lipinski definition) is 4. The first-order chi connectivity index (χ1) is 19.9. The van der Waals surface area contributed by atoms with Crippen LogP contribution in [0.4, 0.5) is 18.0 Å². The summed E-state index contributed by atoms with van der Waals surface area (Å²) >= 11 is 0. The molecule has 0 aliphatic carbocycles. The Hall–Kier alpha value is -3.69. The van der Waals surface area contributed by atoms with Crippen molar-refractivity contribution < 1.29 is 23.1 Å². The highest BCUT2D eigenvalue weighted by atomic mass is 19.1. The molecule has 2 aromatic carbocycles. The Bertz CT molecular complexity index is 1370. The van der Waals surface area contributed by atoms with Gasteiger partial charge in [-0.3, -0.25) is 9.88 Å². The predicted molar refractivity (Wildman–Crippen MR) is 151 cm³/mol. The molecule has 3 heterocycles. The van der Waals surface area contributed by atoms with Gasteiger partial charge in [0.2, 0.25) is 0 Å². The lowest BCUT2D eigenvalue weighted by molar-refractivity contribution is 0.0741. The van der Waals surface area contributed by atoms with Gasteiger partial charge >= 0.3 is 6.03 Å². The van der Waals surface area contributed by atoms with Gasteiger partial charge in [-0.15, -0.1) is 0 Å². The molecule has 216 valence electrons. The number of aliphatic hydroxyl groups excluding tert-OH is 1. The number of halogens is 3. The first-order valence-electron chi connectivity index (χ1n) is 13.9. The molecule has 0 saturated carbocycles. The SMILES string of the molecule is CN(C(=O)N1CC(c2cc(F)ccc2F)=C[C@@]1(CO)c1ccccc1)C1CCCN(Cc2cccnc2)C(CF)C1. The van der Waals surface area contributed by atoms with Gasteiger partial charge in [0.15, 0.2) is 0 Å². The number of hydrogen-bond donors (Lipinski definition) is 1. The van der Waals surface area contributed by atoms with Gasteiger partial charge in [-0.25, -0.2) is 18.0 Å². The normalized spacial score (nSPS) is 23.2. The topological polar surface area (TPSA) is 59.9 Å². The van der Waals surface area contributed by atoms with Gasteiger partial charge in [-0.2, -0.15) is 0 Å². The number of nitrogens with zero attached hydrogens (tertiary/aromatic N) is 4. The fourth-order valence-corrected chi connectivity index (χ4v) is 6.14. The zero-order valence-electron chi connectivity index (χ0n) is 23.1. The van der Waals surface area contributed by atoms with Crippen LogP contribution >= 0.6 is 0 Å². The van der Waals surface area contributed by atoms with E-state index in [0.29, 0.717) is 37.1 Å². The highest BCUT2D eigenvalue weighted by molar-refractivity contribution is 5.83. The summed E-state index contributed by atoms with van der Waals surface area (Å²) in [5, 5.41) is 10.8. The number of rotatable bonds is 7. The molecule has 1 saturated heterocycles. The molecule has 3 atom stereocenters. The van der Waals surface area contributed by atoms with Crippen LogP contribution in [0.3, 0.4) is 0 Å². The minimum Gasteiger partial charge on any atom is -0.393 e. The molecule has 0 spiro atoms. The minimum atomic E-state index is -1.28. The molecule has 0 bridgehead atoms. The fourth-order valence-electron chi connectivity index (χ4n) is 6.14. The molecule has 1 N–H and O–H groups in total. The van der Waals surface area contributed by atoms with E-state index in [-0.39, 0.29) is 30.2 Å². The third-order valence-electron chi connectivity index (χ3n) is 8.42. The third-order valence-corrected chi connectivity index (χ3v) is 8.42.